The third-order valence-electron chi connectivity index (χ3n) is 2.80. The van der Waals surface area contributed by atoms with E-state index in [1.807, 2.05) is 6.92 Å². The van der Waals surface area contributed by atoms with Crippen molar-refractivity contribution in [3.05, 3.63) is 12.7 Å². The van der Waals surface area contributed by atoms with Crippen molar-refractivity contribution in [2.75, 3.05) is 32.7 Å². The zero-order valence-electron chi connectivity index (χ0n) is 12.1. The second-order valence-corrected chi connectivity index (χ2v) is 4.48. The van der Waals surface area contributed by atoms with E-state index in [2.05, 4.69) is 17.2 Å². The van der Waals surface area contributed by atoms with Gasteiger partial charge in [0.1, 0.15) is 6.54 Å². The fourth-order valence-electron chi connectivity index (χ4n) is 1.77. The van der Waals surface area contributed by atoms with Gasteiger partial charge < -0.3 is 10.6 Å². The molecule has 0 saturated carbocycles. The summed E-state index contributed by atoms with van der Waals surface area (Å²) >= 11 is 0. The summed E-state index contributed by atoms with van der Waals surface area (Å²) < 4.78 is 0. The number of carbonyl (C=O) groups excluding carboxylic acids is 4. The predicted octanol–water partition coefficient (Wildman–Crippen LogP) is -0.921. The molecule has 0 spiro atoms. The van der Waals surface area contributed by atoms with Gasteiger partial charge in [-0.25, -0.2) is 9.69 Å². The normalized spacial score (nSPS) is 14.8. The summed E-state index contributed by atoms with van der Waals surface area (Å²) in [6, 6.07) is -0.788. The van der Waals surface area contributed by atoms with Crippen LogP contribution in [0.5, 0.6) is 0 Å². The van der Waals surface area contributed by atoms with E-state index in [-0.39, 0.29) is 6.54 Å². The second kappa shape index (κ2) is 8.15. The zero-order chi connectivity index (χ0) is 15.8. The number of hydrogen-bond acceptors (Lipinski definition) is 5. The van der Waals surface area contributed by atoms with Gasteiger partial charge in [0.2, 0.25) is 5.91 Å². The Kier molecular flexibility index (Phi) is 6.54. The summed E-state index contributed by atoms with van der Waals surface area (Å²) in [6.45, 7) is 6.77. The van der Waals surface area contributed by atoms with E-state index >= 15 is 0 Å². The van der Waals surface area contributed by atoms with Crippen LogP contribution in [0.25, 0.3) is 0 Å². The number of amides is 5. The lowest BCUT2D eigenvalue weighted by atomic mass is 10.4. The molecule has 0 unspecified atom stereocenters. The Labute approximate surface area is 123 Å². The lowest BCUT2D eigenvalue weighted by Crippen LogP contribution is -2.43. The van der Waals surface area contributed by atoms with Crippen molar-refractivity contribution in [2.45, 2.75) is 13.3 Å². The number of nitrogens with zero attached hydrogens (tertiary/aromatic N) is 2. The smallest absolute Gasteiger partial charge is 0.335 e. The summed E-state index contributed by atoms with van der Waals surface area (Å²) in [5, 5.41) is 5.67. The molecule has 1 aliphatic heterocycles. The highest BCUT2D eigenvalue weighted by atomic mass is 16.2. The predicted molar refractivity (Wildman–Crippen MR) is 75.2 cm³/mol. The molecule has 0 bridgehead atoms. The largest absolute Gasteiger partial charge is 0.353 e. The third-order valence-corrected chi connectivity index (χ3v) is 2.80. The molecule has 116 valence electrons. The maximum absolute atomic E-state index is 11.8. The Morgan fingerprint density at radius 3 is 2.43 bits per heavy atom. The number of imide groups is 2. The minimum Gasteiger partial charge on any atom is -0.353 e. The van der Waals surface area contributed by atoms with Crippen molar-refractivity contribution in [1.29, 1.82) is 0 Å². The average molecular weight is 296 g/mol. The van der Waals surface area contributed by atoms with Crippen molar-refractivity contribution in [3.8, 4) is 0 Å². The molecule has 1 aliphatic rings. The fourth-order valence-corrected chi connectivity index (χ4v) is 1.77. The Hall–Kier alpha value is -2.22. The number of urea groups is 1. The maximum Gasteiger partial charge on any atom is 0.335 e. The topological polar surface area (TPSA) is 98.8 Å². The van der Waals surface area contributed by atoms with E-state index in [0.29, 0.717) is 18.0 Å². The van der Waals surface area contributed by atoms with E-state index < -0.39 is 30.3 Å². The molecule has 21 heavy (non-hydrogen) atoms. The van der Waals surface area contributed by atoms with Crippen LogP contribution in [0.15, 0.2) is 12.7 Å². The van der Waals surface area contributed by atoms with Crippen molar-refractivity contribution in [2.24, 2.45) is 0 Å². The van der Waals surface area contributed by atoms with Crippen LogP contribution in [0.4, 0.5) is 4.79 Å². The van der Waals surface area contributed by atoms with Crippen LogP contribution in [0.3, 0.4) is 0 Å². The van der Waals surface area contributed by atoms with Crippen molar-refractivity contribution >= 4 is 23.8 Å². The Morgan fingerprint density at radius 2 is 1.81 bits per heavy atom. The van der Waals surface area contributed by atoms with Gasteiger partial charge in [-0.1, -0.05) is 13.0 Å². The third kappa shape index (κ3) is 4.38. The highest BCUT2D eigenvalue weighted by molar-refractivity contribution is 6.45. The summed E-state index contributed by atoms with van der Waals surface area (Å²) in [4.78, 5) is 48.1. The lowest BCUT2D eigenvalue weighted by molar-refractivity contribution is -0.143. The van der Waals surface area contributed by atoms with Gasteiger partial charge >= 0.3 is 17.8 Å². The standard InChI is InChI=1S/C13H20N4O4/c1-3-5-14-6-7-15-10(18)9-17-12(20)11(19)16(8-4-2)13(17)21/h4,14H,2-3,5-9H2,1H3,(H,15,18). The van der Waals surface area contributed by atoms with Crippen molar-refractivity contribution < 1.29 is 19.2 Å². The van der Waals surface area contributed by atoms with Crippen LogP contribution in [0.2, 0.25) is 0 Å². The van der Waals surface area contributed by atoms with Crippen LogP contribution >= 0.6 is 0 Å². The average Bonchev–Trinajstić information content (AvgIpc) is 2.65. The minimum absolute atomic E-state index is 0.0531. The first kappa shape index (κ1) is 16.8. The molecule has 1 heterocycles. The van der Waals surface area contributed by atoms with Crippen LogP contribution in [-0.2, 0) is 14.4 Å². The molecule has 5 amide bonds. The maximum atomic E-state index is 11.8. The summed E-state index contributed by atoms with van der Waals surface area (Å²) in [7, 11) is 0. The highest BCUT2D eigenvalue weighted by Crippen LogP contribution is 2.11. The van der Waals surface area contributed by atoms with Crippen molar-refractivity contribution in [3.63, 3.8) is 0 Å². The fraction of sp³-hybridized carbons (Fsp3) is 0.538. The van der Waals surface area contributed by atoms with E-state index in [1.54, 1.807) is 0 Å². The van der Waals surface area contributed by atoms with Gasteiger partial charge in [-0.2, -0.15) is 0 Å². The van der Waals surface area contributed by atoms with E-state index in [4.69, 9.17) is 0 Å². The molecular weight excluding hydrogens is 276 g/mol. The number of nitrogens with one attached hydrogen (secondary N) is 2. The molecule has 2 N–H and O–H groups in total. The summed E-state index contributed by atoms with van der Waals surface area (Å²) in [5.74, 6) is -2.40. The Balaban J connectivity index is 2.45. The molecule has 0 radical (unpaired) electrons. The quantitative estimate of drug-likeness (QED) is 0.248. The number of carbonyl (C=O) groups is 4. The monoisotopic (exact) mass is 296 g/mol. The highest BCUT2D eigenvalue weighted by Gasteiger charge is 2.44. The van der Waals surface area contributed by atoms with Gasteiger partial charge in [-0.3, -0.25) is 19.3 Å². The molecule has 8 nitrogen and oxygen atoms in total. The molecule has 0 aromatic rings. The van der Waals surface area contributed by atoms with Crippen LogP contribution in [0, 0.1) is 0 Å². The van der Waals surface area contributed by atoms with Gasteiger partial charge in [-0.05, 0) is 13.0 Å². The second-order valence-electron chi connectivity index (χ2n) is 4.48. The Morgan fingerprint density at radius 1 is 1.14 bits per heavy atom. The first-order valence-corrected chi connectivity index (χ1v) is 6.78. The van der Waals surface area contributed by atoms with Crippen LogP contribution < -0.4 is 10.6 Å². The van der Waals surface area contributed by atoms with E-state index in [0.717, 1.165) is 17.9 Å². The van der Waals surface area contributed by atoms with Gasteiger partial charge in [0.05, 0.1) is 0 Å². The molecule has 1 rings (SSSR count). The Bertz CT molecular complexity index is 449. The minimum atomic E-state index is -0.985. The SMILES string of the molecule is C=CCN1C(=O)C(=O)N(CC(=O)NCCNCCC)C1=O. The summed E-state index contributed by atoms with van der Waals surface area (Å²) in [6.07, 6.45) is 2.33. The molecule has 0 atom stereocenters. The van der Waals surface area contributed by atoms with Crippen LogP contribution in [0.1, 0.15) is 13.3 Å². The van der Waals surface area contributed by atoms with E-state index in [1.165, 1.54) is 6.08 Å². The molecule has 1 saturated heterocycles. The molecular formula is C13H20N4O4. The molecule has 0 aromatic carbocycles. The molecule has 8 heteroatoms. The summed E-state index contributed by atoms with van der Waals surface area (Å²) in [5.41, 5.74) is 0. The van der Waals surface area contributed by atoms with Gasteiger partial charge in [-0.15, -0.1) is 6.58 Å². The molecule has 0 aromatic heterocycles. The first-order valence-electron chi connectivity index (χ1n) is 6.78. The van der Waals surface area contributed by atoms with E-state index in [9.17, 15) is 19.2 Å². The van der Waals surface area contributed by atoms with Gasteiger partial charge in [0.15, 0.2) is 0 Å². The number of rotatable bonds is 9. The molecule has 0 aliphatic carbocycles. The van der Waals surface area contributed by atoms with Gasteiger partial charge in [0.25, 0.3) is 0 Å². The molecule has 1 fully saturated rings. The van der Waals surface area contributed by atoms with Gasteiger partial charge in [0, 0.05) is 19.6 Å². The zero-order valence-corrected chi connectivity index (χ0v) is 12.1. The van der Waals surface area contributed by atoms with Crippen molar-refractivity contribution in [1.82, 2.24) is 20.4 Å². The lowest BCUT2D eigenvalue weighted by Gasteiger charge is -2.14. The first-order chi connectivity index (χ1) is 10.0. The van der Waals surface area contributed by atoms with Crippen LogP contribution in [-0.4, -0.2) is 66.3 Å². The number of hydrogen-bond donors (Lipinski definition) is 2.